The van der Waals surface area contributed by atoms with Crippen molar-refractivity contribution >= 4 is 11.9 Å². The molecule has 1 aliphatic heterocycles. The van der Waals surface area contributed by atoms with Crippen LogP contribution in [-0.4, -0.2) is 47.5 Å². The normalized spacial score (nSPS) is 16.1. The summed E-state index contributed by atoms with van der Waals surface area (Å²) in [5.41, 5.74) is 0.643. The number of terminal acetylenes is 1. The van der Waals surface area contributed by atoms with Crippen molar-refractivity contribution < 1.29 is 4.79 Å². The van der Waals surface area contributed by atoms with Gasteiger partial charge in [0.15, 0.2) is 0 Å². The van der Waals surface area contributed by atoms with Crippen molar-refractivity contribution in [1.29, 1.82) is 0 Å². The second-order valence-electron chi connectivity index (χ2n) is 3.65. The number of hydrogen-bond acceptors (Lipinski definition) is 4. The summed E-state index contributed by atoms with van der Waals surface area (Å²) in [4.78, 5) is 23.3. The molecule has 5 heteroatoms. The summed E-state index contributed by atoms with van der Waals surface area (Å²) < 4.78 is 0. The minimum Gasteiger partial charge on any atom is -0.342 e. The number of anilines is 1. The van der Waals surface area contributed by atoms with E-state index in [4.69, 9.17) is 6.42 Å². The molecule has 1 aromatic heterocycles. The summed E-state index contributed by atoms with van der Waals surface area (Å²) in [6, 6.07) is 0. The summed E-state index contributed by atoms with van der Waals surface area (Å²) in [7, 11) is 1.79. The Bertz CT molecular complexity index is 434. The lowest BCUT2D eigenvalue weighted by molar-refractivity contribution is -0.129. The Morgan fingerprint density at radius 2 is 2.06 bits per heavy atom. The lowest BCUT2D eigenvalue weighted by Gasteiger charge is -2.31. The number of piperazine rings is 1. The molecule has 0 aromatic carbocycles. The monoisotopic (exact) mass is 216 g/mol. The Balaban J connectivity index is 2.13. The number of nitrogens with zero attached hydrogens (tertiary/aromatic N) is 4. The molecule has 0 saturated carbocycles. The Morgan fingerprint density at radius 1 is 1.38 bits per heavy atom. The van der Waals surface area contributed by atoms with Gasteiger partial charge in [-0.25, -0.2) is 9.97 Å². The third-order valence-electron chi connectivity index (χ3n) is 2.54. The van der Waals surface area contributed by atoms with E-state index >= 15 is 0 Å². The van der Waals surface area contributed by atoms with Gasteiger partial charge in [0.2, 0.25) is 11.9 Å². The number of hydrogen-bond donors (Lipinski definition) is 0. The summed E-state index contributed by atoms with van der Waals surface area (Å²) in [5, 5.41) is 0. The van der Waals surface area contributed by atoms with E-state index in [9.17, 15) is 4.79 Å². The van der Waals surface area contributed by atoms with E-state index in [0.717, 1.165) is 6.54 Å². The van der Waals surface area contributed by atoms with Crippen LogP contribution in [0.1, 0.15) is 5.56 Å². The number of carbonyl (C=O) groups is 1. The van der Waals surface area contributed by atoms with Crippen LogP contribution in [0.4, 0.5) is 5.95 Å². The fourth-order valence-corrected chi connectivity index (χ4v) is 1.49. The maximum Gasteiger partial charge on any atom is 0.242 e. The molecule has 0 spiro atoms. The third kappa shape index (κ3) is 1.96. The zero-order valence-electron chi connectivity index (χ0n) is 9.05. The Kier molecular flexibility index (Phi) is 2.73. The second-order valence-corrected chi connectivity index (χ2v) is 3.65. The number of amides is 1. The van der Waals surface area contributed by atoms with Gasteiger partial charge in [-0.2, -0.15) is 0 Å². The van der Waals surface area contributed by atoms with Crippen LogP contribution in [0, 0.1) is 12.3 Å². The van der Waals surface area contributed by atoms with Crippen molar-refractivity contribution in [2.24, 2.45) is 0 Å². The van der Waals surface area contributed by atoms with Crippen molar-refractivity contribution in [2.75, 3.05) is 31.6 Å². The zero-order chi connectivity index (χ0) is 11.5. The first-order valence-corrected chi connectivity index (χ1v) is 4.98. The van der Waals surface area contributed by atoms with Crippen molar-refractivity contribution in [1.82, 2.24) is 14.9 Å². The SMILES string of the molecule is C#Cc1cnc(N2CCN(C)C(=O)C2)nc1. The first-order chi connectivity index (χ1) is 7.70. The molecule has 0 N–H and O–H groups in total. The van der Waals surface area contributed by atoms with Gasteiger partial charge in [-0.05, 0) is 0 Å². The molecule has 16 heavy (non-hydrogen) atoms. The zero-order valence-corrected chi connectivity index (χ0v) is 9.05. The number of likely N-dealkylation sites (N-methyl/N-ethyl adjacent to an activating group) is 1. The van der Waals surface area contributed by atoms with Gasteiger partial charge in [-0.1, -0.05) is 5.92 Å². The molecular formula is C11H12N4O. The molecule has 1 fully saturated rings. The highest BCUT2D eigenvalue weighted by atomic mass is 16.2. The van der Waals surface area contributed by atoms with Crippen LogP contribution in [0.3, 0.4) is 0 Å². The van der Waals surface area contributed by atoms with E-state index in [-0.39, 0.29) is 5.91 Å². The topological polar surface area (TPSA) is 49.3 Å². The molecule has 1 aromatic rings. The highest BCUT2D eigenvalue weighted by Gasteiger charge is 2.22. The molecule has 2 heterocycles. The summed E-state index contributed by atoms with van der Waals surface area (Å²) in [6.07, 6.45) is 8.39. The average Bonchev–Trinajstić information content (AvgIpc) is 2.33. The van der Waals surface area contributed by atoms with Gasteiger partial charge in [-0.15, -0.1) is 6.42 Å². The van der Waals surface area contributed by atoms with Crippen LogP contribution in [0.2, 0.25) is 0 Å². The lowest BCUT2D eigenvalue weighted by Crippen LogP contribution is -2.49. The lowest BCUT2D eigenvalue weighted by atomic mass is 10.3. The van der Waals surface area contributed by atoms with Gasteiger partial charge < -0.3 is 9.80 Å². The van der Waals surface area contributed by atoms with E-state index in [1.165, 1.54) is 0 Å². The molecule has 0 atom stereocenters. The van der Waals surface area contributed by atoms with Crippen LogP contribution in [0.25, 0.3) is 0 Å². The molecule has 82 valence electrons. The second kappa shape index (κ2) is 4.19. The molecule has 0 radical (unpaired) electrons. The first-order valence-electron chi connectivity index (χ1n) is 4.98. The van der Waals surface area contributed by atoms with Crippen molar-refractivity contribution in [3.05, 3.63) is 18.0 Å². The minimum absolute atomic E-state index is 0.0795. The molecule has 0 aliphatic carbocycles. The van der Waals surface area contributed by atoms with Crippen LogP contribution < -0.4 is 4.90 Å². The van der Waals surface area contributed by atoms with Gasteiger partial charge in [0.05, 0.1) is 12.1 Å². The highest BCUT2D eigenvalue weighted by molar-refractivity contribution is 5.81. The molecule has 0 unspecified atom stereocenters. The van der Waals surface area contributed by atoms with Gasteiger partial charge in [0, 0.05) is 32.5 Å². The largest absolute Gasteiger partial charge is 0.342 e. The quantitative estimate of drug-likeness (QED) is 0.607. The van der Waals surface area contributed by atoms with Crippen LogP contribution in [0.15, 0.2) is 12.4 Å². The Labute approximate surface area is 94.1 Å². The standard InChI is InChI=1S/C11H12N4O/c1-3-9-6-12-11(13-7-9)15-5-4-14(2)10(16)8-15/h1,6-7H,4-5,8H2,2H3. The van der Waals surface area contributed by atoms with Crippen molar-refractivity contribution in [2.45, 2.75) is 0 Å². The molecule has 1 saturated heterocycles. The molecule has 5 nitrogen and oxygen atoms in total. The van der Waals surface area contributed by atoms with Gasteiger partial charge >= 0.3 is 0 Å². The predicted octanol–water partition coefficient (Wildman–Crippen LogP) is -0.264. The maximum atomic E-state index is 11.5. The van der Waals surface area contributed by atoms with Gasteiger partial charge in [0.1, 0.15) is 0 Å². The number of rotatable bonds is 1. The predicted molar refractivity (Wildman–Crippen MR) is 59.8 cm³/mol. The average molecular weight is 216 g/mol. The fourth-order valence-electron chi connectivity index (χ4n) is 1.49. The minimum atomic E-state index is 0.0795. The first kappa shape index (κ1) is 10.4. The van der Waals surface area contributed by atoms with Crippen molar-refractivity contribution in [3.63, 3.8) is 0 Å². The Hall–Kier alpha value is -2.09. The fraction of sp³-hybridized carbons (Fsp3) is 0.364. The third-order valence-corrected chi connectivity index (χ3v) is 2.54. The van der Waals surface area contributed by atoms with Gasteiger partial charge in [0.25, 0.3) is 0 Å². The van der Waals surface area contributed by atoms with E-state index in [1.807, 2.05) is 4.90 Å². The molecule has 1 aliphatic rings. The van der Waals surface area contributed by atoms with E-state index in [0.29, 0.717) is 24.6 Å². The molecular weight excluding hydrogens is 204 g/mol. The summed E-state index contributed by atoms with van der Waals surface area (Å²) in [5.74, 6) is 3.09. The van der Waals surface area contributed by atoms with E-state index < -0.39 is 0 Å². The number of aromatic nitrogens is 2. The smallest absolute Gasteiger partial charge is 0.242 e. The van der Waals surface area contributed by atoms with Crippen LogP contribution in [0.5, 0.6) is 0 Å². The summed E-state index contributed by atoms with van der Waals surface area (Å²) in [6.45, 7) is 1.77. The van der Waals surface area contributed by atoms with Crippen LogP contribution in [-0.2, 0) is 4.79 Å². The summed E-state index contributed by atoms with van der Waals surface area (Å²) >= 11 is 0. The number of carbonyl (C=O) groups excluding carboxylic acids is 1. The maximum absolute atomic E-state index is 11.5. The van der Waals surface area contributed by atoms with E-state index in [1.54, 1.807) is 24.3 Å². The Morgan fingerprint density at radius 3 is 2.62 bits per heavy atom. The molecule has 2 rings (SSSR count). The molecule has 1 amide bonds. The highest BCUT2D eigenvalue weighted by Crippen LogP contribution is 2.10. The van der Waals surface area contributed by atoms with E-state index in [2.05, 4.69) is 15.9 Å². The molecule has 0 bridgehead atoms. The van der Waals surface area contributed by atoms with Crippen LogP contribution >= 0.6 is 0 Å². The van der Waals surface area contributed by atoms with Gasteiger partial charge in [-0.3, -0.25) is 4.79 Å². The van der Waals surface area contributed by atoms with Crippen molar-refractivity contribution in [3.8, 4) is 12.3 Å².